The van der Waals surface area contributed by atoms with Gasteiger partial charge in [-0.05, 0) is 38.7 Å². The van der Waals surface area contributed by atoms with Crippen LogP contribution in [0.15, 0.2) is 24.3 Å². The van der Waals surface area contributed by atoms with Crippen LogP contribution in [0, 0.1) is 0 Å². The lowest BCUT2D eigenvalue weighted by Crippen LogP contribution is -2.28. The first-order chi connectivity index (χ1) is 10.7. The Hall–Kier alpha value is -1.88. The number of ether oxygens (including phenoxy) is 1. The number of carbonyl (C=O) groups excluding carboxylic acids is 1. The van der Waals surface area contributed by atoms with Crippen LogP contribution in [0.3, 0.4) is 0 Å². The average Bonchev–Trinajstić information content (AvgIpc) is 2.87. The van der Waals surface area contributed by atoms with Crippen molar-refractivity contribution in [1.82, 2.24) is 9.78 Å². The molecule has 0 amide bonds. The normalized spacial score (nSPS) is 21.9. The second-order valence-electron chi connectivity index (χ2n) is 5.96. The first-order valence-electron chi connectivity index (χ1n) is 8.06. The van der Waals surface area contributed by atoms with E-state index in [1.54, 1.807) is 0 Å². The third kappa shape index (κ3) is 2.99. The van der Waals surface area contributed by atoms with Crippen LogP contribution in [0.1, 0.15) is 44.3 Å². The number of aromatic nitrogens is 2. The third-order valence-corrected chi connectivity index (χ3v) is 4.39. The predicted molar refractivity (Wildman–Crippen MR) is 85.6 cm³/mol. The molecule has 1 aliphatic rings. The summed E-state index contributed by atoms with van der Waals surface area (Å²) < 4.78 is 7.15. The van der Waals surface area contributed by atoms with Gasteiger partial charge in [0.1, 0.15) is 0 Å². The molecule has 0 aliphatic heterocycles. The number of para-hydroxylation sites is 1. The summed E-state index contributed by atoms with van der Waals surface area (Å²) in [4.78, 5) is 11.8. The van der Waals surface area contributed by atoms with Crippen LogP contribution >= 0.6 is 0 Å². The van der Waals surface area contributed by atoms with Crippen molar-refractivity contribution in [2.24, 2.45) is 5.73 Å². The van der Waals surface area contributed by atoms with Crippen molar-refractivity contribution in [2.45, 2.75) is 51.1 Å². The highest BCUT2D eigenvalue weighted by atomic mass is 16.5. The number of fused-ring (bicyclic) bond motifs is 1. The van der Waals surface area contributed by atoms with E-state index in [1.807, 2.05) is 25.1 Å². The molecule has 0 radical (unpaired) electrons. The van der Waals surface area contributed by atoms with Crippen molar-refractivity contribution in [1.29, 1.82) is 0 Å². The van der Waals surface area contributed by atoms with Crippen molar-refractivity contribution in [3.8, 4) is 0 Å². The molecule has 0 bridgehead atoms. The van der Waals surface area contributed by atoms with E-state index in [4.69, 9.17) is 15.6 Å². The highest BCUT2D eigenvalue weighted by Gasteiger charge is 2.23. The van der Waals surface area contributed by atoms with Gasteiger partial charge >= 0.3 is 5.97 Å². The van der Waals surface area contributed by atoms with Gasteiger partial charge in [-0.1, -0.05) is 18.2 Å². The van der Waals surface area contributed by atoms with Gasteiger partial charge in [-0.3, -0.25) is 9.48 Å². The summed E-state index contributed by atoms with van der Waals surface area (Å²) in [6.45, 7) is 2.22. The number of benzene rings is 1. The predicted octanol–water partition coefficient (Wildman–Crippen LogP) is 2.58. The van der Waals surface area contributed by atoms with Crippen LogP contribution in [0.4, 0.5) is 0 Å². The van der Waals surface area contributed by atoms with Crippen molar-refractivity contribution in [3.63, 3.8) is 0 Å². The van der Waals surface area contributed by atoms with E-state index < -0.39 is 0 Å². The summed E-state index contributed by atoms with van der Waals surface area (Å²) in [6, 6.07) is 8.80. The second-order valence-corrected chi connectivity index (χ2v) is 5.96. The quantitative estimate of drug-likeness (QED) is 0.881. The van der Waals surface area contributed by atoms with Crippen molar-refractivity contribution < 1.29 is 9.53 Å². The lowest BCUT2D eigenvalue weighted by Gasteiger charge is -2.26. The third-order valence-electron chi connectivity index (χ3n) is 4.39. The molecular formula is C17H23N3O2. The largest absolute Gasteiger partial charge is 0.466 e. The first kappa shape index (κ1) is 15.0. The summed E-state index contributed by atoms with van der Waals surface area (Å²) in [5.74, 6) is -0.219. The Morgan fingerprint density at radius 3 is 2.77 bits per heavy atom. The average molecular weight is 301 g/mol. The molecule has 0 saturated heterocycles. The van der Waals surface area contributed by atoms with E-state index in [9.17, 15) is 4.79 Å². The van der Waals surface area contributed by atoms with Gasteiger partial charge in [-0.25, -0.2) is 0 Å². The van der Waals surface area contributed by atoms with E-state index in [0.29, 0.717) is 18.7 Å². The summed E-state index contributed by atoms with van der Waals surface area (Å²) in [5, 5.41) is 5.78. The molecule has 0 unspecified atom stereocenters. The van der Waals surface area contributed by atoms with E-state index in [2.05, 4.69) is 10.7 Å². The fraction of sp³-hybridized carbons (Fsp3) is 0.529. The Balaban J connectivity index is 1.92. The lowest BCUT2D eigenvalue weighted by molar-refractivity contribution is -0.142. The summed E-state index contributed by atoms with van der Waals surface area (Å²) >= 11 is 0. The molecule has 1 aromatic carbocycles. The van der Waals surface area contributed by atoms with Crippen molar-refractivity contribution in [2.75, 3.05) is 6.61 Å². The van der Waals surface area contributed by atoms with Gasteiger partial charge in [-0.15, -0.1) is 0 Å². The minimum Gasteiger partial charge on any atom is -0.466 e. The summed E-state index contributed by atoms with van der Waals surface area (Å²) in [6.07, 6.45) is 4.39. The molecule has 0 atom stereocenters. The molecule has 22 heavy (non-hydrogen) atoms. The molecule has 3 rings (SSSR count). The maximum atomic E-state index is 11.8. The molecule has 1 aliphatic carbocycles. The molecule has 2 aromatic rings. The summed E-state index contributed by atoms with van der Waals surface area (Å²) in [7, 11) is 0. The number of hydrogen-bond donors (Lipinski definition) is 1. The zero-order valence-electron chi connectivity index (χ0n) is 13.0. The Morgan fingerprint density at radius 2 is 2.05 bits per heavy atom. The van der Waals surface area contributed by atoms with E-state index >= 15 is 0 Å². The Labute approximate surface area is 130 Å². The van der Waals surface area contributed by atoms with Crippen LogP contribution in [-0.4, -0.2) is 28.4 Å². The van der Waals surface area contributed by atoms with Gasteiger partial charge < -0.3 is 10.5 Å². The van der Waals surface area contributed by atoms with Gasteiger partial charge in [0.2, 0.25) is 0 Å². The monoisotopic (exact) mass is 301 g/mol. The zero-order chi connectivity index (χ0) is 15.5. The van der Waals surface area contributed by atoms with E-state index in [-0.39, 0.29) is 12.4 Å². The minimum atomic E-state index is -0.219. The minimum absolute atomic E-state index is 0.219. The molecule has 2 N–H and O–H groups in total. The SMILES string of the molecule is CCOC(=O)Cc1nn(C2CCC(N)CC2)c2ccccc12. The molecule has 1 heterocycles. The van der Waals surface area contributed by atoms with Crippen LogP contribution in [-0.2, 0) is 16.0 Å². The van der Waals surface area contributed by atoms with Gasteiger partial charge in [0.25, 0.3) is 0 Å². The molecule has 1 fully saturated rings. The number of nitrogens with two attached hydrogens (primary N) is 1. The lowest BCUT2D eigenvalue weighted by atomic mass is 9.92. The van der Waals surface area contributed by atoms with Gasteiger partial charge in [0.15, 0.2) is 0 Å². The number of carbonyl (C=O) groups is 1. The van der Waals surface area contributed by atoms with E-state index in [1.165, 1.54) is 0 Å². The number of hydrogen-bond acceptors (Lipinski definition) is 4. The van der Waals surface area contributed by atoms with E-state index in [0.717, 1.165) is 42.3 Å². The number of nitrogens with zero attached hydrogens (tertiary/aromatic N) is 2. The molecule has 0 spiro atoms. The molecule has 1 aromatic heterocycles. The Bertz CT molecular complexity index is 657. The topological polar surface area (TPSA) is 70.1 Å². The van der Waals surface area contributed by atoms with Crippen LogP contribution in [0.5, 0.6) is 0 Å². The fourth-order valence-electron chi connectivity index (χ4n) is 3.26. The van der Waals surface area contributed by atoms with Crippen molar-refractivity contribution in [3.05, 3.63) is 30.0 Å². The highest BCUT2D eigenvalue weighted by Crippen LogP contribution is 2.31. The van der Waals surface area contributed by atoms with Crippen LogP contribution in [0.25, 0.3) is 10.9 Å². The molecule has 118 valence electrons. The van der Waals surface area contributed by atoms with Gasteiger partial charge in [0, 0.05) is 11.4 Å². The Kier molecular flexibility index (Phi) is 4.43. The summed E-state index contributed by atoms with van der Waals surface area (Å²) in [5.41, 5.74) is 7.91. The maximum Gasteiger partial charge on any atom is 0.311 e. The molecule has 5 nitrogen and oxygen atoms in total. The number of rotatable bonds is 4. The van der Waals surface area contributed by atoms with Crippen LogP contribution < -0.4 is 5.73 Å². The van der Waals surface area contributed by atoms with Gasteiger partial charge in [0.05, 0.1) is 30.3 Å². The van der Waals surface area contributed by atoms with Crippen LogP contribution in [0.2, 0.25) is 0 Å². The van der Waals surface area contributed by atoms with Gasteiger partial charge in [-0.2, -0.15) is 5.10 Å². The highest BCUT2D eigenvalue weighted by molar-refractivity contribution is 5.86. The van der Waals surface area contributed by atoms with Crippen molar-refractivity contribution >= 4 is 16.9 Å². The maximum absolute atomic E-state index is 11.8. The first-order valence-corrected chi connectivity index (χ1v) is 8.06. The fourth-order valence-corrected chi connectivity index (χ4v) is 3.26. The number of esters is 1. The zero-order valence-corrected chi connectivity index (χ0v) is 13.0. The molecule has 5 heteroatoms. The smallest absolute Gasteiger partial charge is 0.311 e. The standard InChI is InChI=1S/C17H23N3O2/c1-2-22-17(21)11-15-14-5-3-4-6-16(14)20(19-15)13-9-7-12(18)8-10-13/h3-6,12-13H,2,7-11,18H2,1H3. The second kappa shape index (κ2) is 6.48. The molecular weight excluding hydrogens is 278 g/mol. The molecule has 1 saturated carbocycles. The Morgan fingerprint density at radius 1 is 1.32 bits per heavy atom.